The number of aliphatic carboxylic acids is 1. The molecule has 0 radical (unpaired) electrons. The first-order valence-corrected chi connectivity index (χ1v) is 11.6. The third-order valence-corrected chi connectivity index (χ3v) is 7.71. The quantitative estimate of drug-likeness (QED) is 0.574. The molecule has 1 heterocycles. The maximum atomic E-state index is 13.2. The molecule has 4 rings (SSSR count). The van der Waals surface area contributed by atoms with Crippen LogP contribution in [0.25, 0.3) is 11.1 Å². The SMILES string of the molecule is CCOC(=O)c1c(NC(=O)C2C3CCC(C3)C2C(=O)O)sc(C)c1-c1ccc(Cl)cc1. The monoisotopic (exact) mass is 461 g/mol. The molecule has 2 saturated carbocycles. The van der Waals surface area contributed by atoms with E-state index in [1.807, 2.05) is 19.1 Å². The van der Waals surface area contributed by atoms with Crippen LogP contribution in [-0.2, 0) is 14.3 Å². The number of carboxylic acids is 1. The van der Waals surface area contributed by atoms with Crippen LogP contribution in [0.4, 0.5) is 5.00 Å². The van der Waals surface area contributed by atoms with Gasteiger partial charge in [-0.05, 0) is 62.6 Å². The molecule has 164 valence electrons. The highest BCUT2D eigenvalue weighted by Crippen LogP contribution is 2.53. The summed E-state index contributed by atoms with van der Waals surface area (Å²) in [7, 11) is 0. The lowest BCUT2D eigenvalue weighted by molar-refractivity contribution is -0.148. The molecule has 0 saturated heterocycles. The molecule has 2 bridgehead atoms. The van der Waals surface area contributed by atoms with E-state index in [1.165, 1.54) is 11.3 Å². The Hall–Kier alpha value is -2.38. The van der Waals surface area contributed by atoms with Crippen LogP contribution in [0.3, 0.4) is 0 Å². The van der Waals surface area contributed by atoms with Crippen molar-refractivity contribution >= 4 is 45.8 Å². The maximum absolute atomic E-state index is 13.2. The number of thiophene rings is 1. The fourth-order valence-electron chi connectivity index (χ4n) is 5.21. The summed E-state index contributed by atoms with van der Waals surface area (Å²) >= 11 is 7.31. The van der Waals surface area contributed by atoms with Gasteiger partial charge in [-0.1, -0.05) is 23.7 Å². The minimum atomic E-state index is -0.915. The predicted octanol–water partition coefficient (Wildman–Crippen LogP) is 5.24. The molecule has 0 aliphatic heterocycles. The number of carbonyl (C=O) groups is 3. The van der Waals surface area contributed by atoms with Crippen LogP contribution in [-0.4, -0.2) is 29.6 Å². The fourth-order valence-corrected chi connectivity index (χ4v) is 6.41. The molecule has 2 aliphatic rings. The zero-order valence-corrected chi connectivity index (χ0v) is 18.9. The fraction of sp³-hybridized carbons (Fsp3) is 0.435. The maximum Gasteiger partial charge on any atom is 0.341 e. The van der Waals surface area contributed by atoms with Gasteiger partial charge < -0.3 is 15.2 Å². The molecular weight excluding hydrogens is 438 g/mol. The predicted molar refractivity (Wildman–Crippen MR) is 120 cm³/mol. The number of halogens is 1. The van der Waals surface area contributed by atoms with Gasteiger partial charge in [0.05, 0.1) is 18.4 Å². The lowest BCUT2D eigenvalue weighted by atomic mass is 9.78. The van der Waals surface area contributed by atoms with Gasteiger partial charge in [0.1, 0.15) is 10.6 Å². The van der Waals surface area contributed by atoms with Crippen LogP contribution in [0.1, 0.15) is 41.4 Å². The van der Waals surface area contributed by atoms with Crippen LogP contribution in [0, 0.1) is 30.6 Å². The average Bonchev–Trinajstić information content (AvgIpc) is 3.41. The highest BCUT2D eigenvalue weighted by atomic mass is 35.5. The van der Waals surface area contributed by atoms with E-state index in [2.05, 4.69) is 5.32 Å². The standard InChI is InChI=1S/C23H24ClNO5S/c1-3-30-23(29)19-16(12-6-8-15(24)9-7-12)11(2)31-21(19)25-20(26)17-13-4-5-14(10-13)18(17)22(27)28/h6-9,13-14,17-18H,3-5,10H2,1-2H3,(H,25,26)(H,27,28). The number of esters is 1. The van der Waals surface area contributed by atoms with E-state index < -0.39 is 23.8 Å². The van der Waals surface area contributed by atoms with E-state index in [9.17, 15) is 19.5 Å². The van der Waals surface area contributed by atoms with E-state index in [0.717, 1.165) is 29.7 Å². The number of amides is 1. The Kier molecular flexibility index (Phi) is 6.08. The average molecular weight is 462 g/mol. The van der Waals surface area contributed by atoms with Crippen LogP contribution < -0.4 is 5.32 Å². The first kappa shape index (κ1) is 21.8. The van der Waals surface area contributed by atoms with Crippen molar-refractivity contribution in [3.63, 3.8) is 0 Å². The van der Waals surface area contributed by atoms with Crippen molar-refractivity contribution in [3.8, 4) is 11.1 Å². The summed E-state index contributed by atoms with van der Waals surface area (Å²) in [6, 6.07) is 7.13. The van der Waals surface area contributed by atoms with E-state index in [4.69, 9.17) is 16.3 Å². The van der Waals surface area contributed by atoms with Crippen LogP contribution in [0.2, 0.25) is 5.02 Å². The Morgan fingerprint density at radius 3 is 2.42 bits per heavy atom. The van der Waals surface area contributed by atoms with Crippen molar-refractivity contribution in [2.75, 3.05) is 11.9 Å². The Labute approximate surface area is 189 Å². The van der Waals surface area contributed by atoms with Gasteiger partial charge in [0.15, 0.2) is 0 Å². The van der Waals surface area contributed by atoms with Gasteiger partial charge in [-0.25, -0.2) is 4.79 Å². The van der Waals surface area contributed by atoms with Crippen molar-refractivity contribution in [2.45, 2.75) is 33.1 Å². The number of hydrogen-bond acceptors (Lipinski definition) is 5. The smallest absolute Gasteiger partial charge is 0.341 e. The largest absolute Gasteiger partial charge is 0.481 e. The number of rotatable bonds is 6. The summed E-state index contributed by atoms with van der Waals surface area (Å²) < 4.78 is 5.28. The second-order valence-corrected chi connectivity index (χ2v) is 9.84. The third kappa shape index (κ3) is 3.96. The second kappa shape index (κ2) is 8.63. The summed E-state index contributed by atoms with van der Waals surface area (Å²) in [5, 5.41) is 13.6. The first-order chi connectivity index (χ1) is 14.8. The minimum Gasteiger partial charge on any atom is -0.481 e. The summed E-state index contributed by atoms with van der Waals surface area (Å²) in [5.41, 5.74) is 1.79. The number of carbonyl (C=O) groups excluding carboxylic acids is 2. The number of ether oxygens (including phenoxy) is 1. The molecule has 2 N–H and O–H groups in total. The van der Waals surface area contributed by atoms with Crippen LogP contribution in [0.15, 0.2) is 24.3 Å². The molecule has 1 aromatic heterocycles. The first-order valence-electron chi connectivity index (χ1n) is 10.4. The minimum absolute atomic E-state index is 0.0532. The molecule has 2 aromatic rings. The Bertz CT molecular complexity index is 1030. The van der Waals surface area contributed by atoms with Crippen molar-refractivity contribution in [3.05, 3.63) is 39.7 Å². The molecule has 1 amide bonds. The number of hydrogen-bond donors (Lipinski definition) is 2. The lowest BCUT2D eigenvalue weighted by Crippen LogP contribution is -2.37. The number of benzene rings is 1. The molecular formula is C23H24ClNO5S. The Morgan fingerprint density at radius 2 is 1.81 bits per heavy atom. The van der Waals surface area contributed by atoms with Crippen LogP contribution >= 0.6 is 22.9 Å². The summed E-state index contributed by atoms with van der Waals surface area (Å²) in [6.45, 7) is 3.81. The molecule has 2 aliphatic carbocycles. The number of nitrogens with one attached hydrogen (secondary N) is 1. The number of carboxylic acid groups (broad SMARTS) is 1. The highest BCUT2D eigenvalue weighted by molar-refractivity contribution is 7.17. The number of fused-ring (bicyclic) bond motifs is 2. The Morgan fingerprint density at radius 1 is 1.16 bits per heavy atom. The molecule has 4 unspecified atom stereocenters. The van der Waals surface area contributed by atoms with E-state index >= 15 is 0 Å². The van der Waals surface area contributed by atoms with Crippen molar-refractivity contribution < 1.29 is 24.2 Å². The zero-order valence-electron chi connectivity index (χ0n) is 17.3. The third-order valence-electron chi connectivity index (χ3n) is 6.44. The molecule has 1 aromatic carbocycles. The molecule has 4 atom stereocenters. The normalized spacial score (nSPS) is 24.2. The van der Waals surface area contributed by atoms with Gasteiger partial charge in [-0.15, -0.1) is 11.3 Å². The van der Waals surface area contributed by atoms with Crippen LogP contribution in [0.5, 0.6) is 0 Å². The van der Waals surface area contributed by atoms with Gasteiger partial charge in [0.25, 0.3) is 0 Å². The lowest BCUT2D eigenvalue weighted by Gasteiger charge is -2.26. The summed E-state index contributed by atoms with van der Waals surface area (Å²) in [5.74, 6) is -2.87. The van der Waals surface area contributed by atoms with Gasteiger partial charge in [-0.2, -0.15) is 0 Å². The zero-order chi connectivity index (χ0) is 22.3. The van der Waals surface area contributed by atoms with Gasteiger partial charge in [0.2, 0.25) is 5.91 Å². The summed E-state index contributed by atoms with van der Waals surface area (Å²) in [6.07, 6.45) is 2.51. The van der Waals surface area contributed by atoms with Crippen molar-refractivity contribution in [1.82, 2.24) is 0 Å². The molecule has 2 fully saturated rings. The highest BCUT2D eigenvalue weighted by Gasteiger charge is 2.54. The number of aryl methyl sites for hydroxylation is 1. The van der Waals surface area contributed by atoms with E-state index in [1.54, 1.807) is 19.1 Å². The van der Waals surface area contributed by atoms with Gasteiger partial charge >= 0.3 is 11.9 Å². The van der Waals surface area contributed by atoms with E-state index in [-0.39, 0.29) is 24.3 Å². The van der Waals surface area contributed by atoms with Gasteiger partial charge in [0, 0.05) is 15.5 Å². The van der Waals surface area contributed by atoms with Crippen molar-refractivity contribution in [2.24, 2.45) is 23.7 Å². The Balaban J connectivity index is 1.70. The van der Waals surface area contributed by atoms with Gasteiger partial charge in [-0.3, -0.25) is 9.59 Å². The molecule has 8 heteroatoms. The van der Waals surface area contributed by atoms with E-state index in [0.29, 0.717) is 21.2 Å². The van der Waals surface area contributed by atoms with Crippen molar-refractivity contribution in [1.29, 1.82) is 0 Å². The topological polar surface area (TPSA) is 92.7 Å². The molecule has 0 spiro atoms. The molecule has 6 nitrogen and oxygen atoms in total. The second-order valence-electron chi connectivity index (χ2n) is 8.18. The number of anilines is 1. The summed E-state index contributed by atoms with van der Waals surface area (Å²) in [4.78, 5) is 38.8. The molecule has 31 heavy (non-hydrogen) atoms.